The third kappa shape index (κ3) is 3.30. The van der Waals surface area contributed by atoms with Crippen LogP contribution in [0.15, 0.2) is 58.2 Å². The number of nitrogens with zero attached hydrogens (tertiary/aromatic N) is 1. The molecule has 1 heterocycles. The summed E-state index contributed by atoms with van der Waals surface area (Å²) in [4.78, 5) is 19.4. The minimum Gasteiger partial charge on any atom is -0.352 e. The average Bonchev–Trinajstić information content (AvgIpc) is 2.60. The van der Waals surface area contributed by atoms with E-state index in [1.54, 1.807) is 49.4 Å². The molecule has 0 radical (unpaired) electrons. The van der Waals surface area contributed by atoms with E-state index < -0.39 is 9.84 Å². The molecule has 1 aromatic heterocycles. The number of hydrogen-bond donors (Lipinski definition) is 2. The zero-order valence-corrected chi connectivity index (χ0v) is 13.9. The van der Waals surface area contributed by atoms with Gasteiger partial charge >= 0.3 is 0 Å². The molecule has 0 amide bonds. The molecule has 0 fully saturated rings. The second-order valence-corrected chi connectivity index (χ2v) is 7.61. The molecule has 0 unspecified atom stereocenters. The van der Waals surface area contributed by atoms with Crippen LogP contribution < -0.4 is 10.9 Å². The second-order valence-electron chi connectivity index (χ2n) is 5.33. The van der Waals surface area contributed by atoms with Gasteiger partial charge in [0.15, 0.2) is 9.84 Å². The first-order valence-electron chi connectivity index (χ1n) is 7.54. The van der Waals surface area contributed by atoms with Crippen LogP contribution >= 0.6 is 0 Å². The van der Waals surface area contributed by atoms with Crippen molar-refractivity contribution < 1.29 is 8.42 Å². The summed E-state index contributed by atoms with van der Waals surface area (Å²) < 4.78 is 23.6. The van der Waals surface area contributed by atoms with Crippen molar-refractivity contribution >= 4 is 26.7 Å². The number of para-hydroxylation sites is 1. The largest absolute Gasteiger partial charge is 0.352 e. The Kier molecular flexibility index (Phi) is 4.35. The molecule has 0 saturated heterocycles. The van der Waals surface area contributed by atoms with Crippen LogP contribution in [0.25, 0.3) is 10.9 Å². The van der Waals surface area contributed by atoms with Crippen LogP contribution in [0.3, 0.4) is 0 Å². The molecule has 2 aromatic carbocycles. The van der Waals surface area contributed by atoms with Crippen molar-refractivity contribution in [3.63, 3.8) is 0 Å². The maximum Gasteiger partial charge on any atom is 0.260 e. The molecule has 7 heteroatoms. The van der Waals surface area contributed by atoms with Crippen molar-refractivity contribution in [2.75, 3.05) is 11.1 Å². The van der Waals surface area contributed by atoms with Gasteiger partial charge in [0, 0.05) is 6.54 Å². The number of rotatable bonds is 5. The van der Waals surface area contributed by atoms with Gasteiger partial charge in [-0.3, -0.25) is 9.78 Å². The van der Waals surface area contributed by atoms with E-state index in [-0.39, 0.29) is 11.3 Å². The van der Waals surface area contributed by atoms with E-state index in [4.69, 9.17) is 0 Å². The zero-order valence-electron chi connectivity index (χ0n) is 13.1. The summed E-state index contributed by atoms with van der Waals surface area (Å²) in [6, 6.07) is 13.8. The van der Waals surface area contributed by atoms with Gasteiger partial charge in [0.1, 0.15) is 0 Å². The highest BCUT2D eigenvalue weighted by atomic mass is 32.2. The Morgan fingerprint density at radius 3 is 2.50 bits per heavy atom. The Morgan fingerprint density at radius 1 is 1.08 bits per heavy atom. The standard InChI is InChI=1S/C17H17N3O3S/c1-2-24(22,23)13-9-7-12(8-10-13)11-18-17-19-15-6-4-3-5-14(15)16(21)20-17/h3-10H,2,11H2,1H3,(H2,18,19,20,21). The van der Waals surface area contributed by atoms with E-state index in [1.165, 1.54) is 0 Å². The Bertz CT molecular complexity index is 1020. The summed E-state index contributed by atoms with van der Waals surface area (Å²) in [5, 5.41) is 3.59. The van der Waals surface area contributed by atoms with Gasteiger partial charge in [-0.15, -0.1) is 0 Å². The minimum absolute atomic E-state index is 0.0762. The fourth-order valence-corrected chi connectivity index (χ4v) is 3.22. The number of nitrogens with one attached hydrogen (secondary N) is 2. The molecule has 124 valence electrons. The van der Waals surface area contributed by atoms with Crippen LogP contribution in [0.5, 0.6) is 0 Å². The molecular formula is C17H17N3O3S. The molecule has 0 aliphatic carbocycles. The molecule has 3 aromatic rings. The normalized spacial score (nSPS) is 11.5. The Balaban J connectivity index is 1.78. The average molecular weight is 343 g/mol. The first kappa shape index (κ1) is 16.2. The van der Waals surface area contributed by atoms with E-state index in [1.807, 2.05) is 6.07 Å². The highest BCUT2D eigenvalue weighted by Gasteiger charge is 2.10. The molecule has 0 saturated carbocycles. The predicted octanol–water partition coefficient (Wildman–Crippen LogP) is 2.33. The smallest absolute Gasteiger partial charge is 0.260 e. The third-order valence-electron chi connectivity index (χ3n) is 3.74. The lowest BCUT2D eigenvalue weighted by atomic mass is 10.2. The van der Waals surface area contributed by atoms with Gasteiger partial charge in [-0.2, -0.15) is 0 Å². The van der Waals surface area contributed by atoms with Crippen molar-refractivity contribution in [1.82, 2.24) is 9.97 Å². The molecule has 0 spiro atoms. The summed E-state index contributed by atoms with van der Waals surface area (Å²) in [6.07, 6.45) is 0. The van der Waals surface area contributed by atoms with E-state index in [0.29, 0.717) is 28.3 Å². The van der Waals surface area contributed by atoms with Crippen LogP contribution in [0.1, 0.15) is 12.5 Å². The summed E-state index contributed by atoms with van der Waals surface area (Å²) in [5.74, 6) is 0.455. The molecule has 24 heavy (non-hydrogen) atoms. The lowest BCUT2D eigenvalue weighted by Crippen LogP contribution is -2.13. The molecule has 3 rings (SSSR count). The summed E-state index contributed by atoms with van der Waals surface area (Å²) in [7, 11) is -3.19. The molecule has 0 aliphatic heterocycles. The van der Waals surface area contributed by atoms with Gasteiger partial charge in [-0.25, -0.2) is 13.4 Å². The fraction of sp³-hybridized carbons (Fsp3) is 0.176. The van der Waals surface area contributed by atoms with Gasteiger partial charge in [0.05, 0.1) is 21.6 Å². The summed E-state index contributed by atoms with van der Waals surface area (Å²) in [6.45, 7) is 2.04. The second kappa shape index (κ2) is 6.45. The maximum absolute atomic E-state index is 12.0. The van der Waals surface area contributed by atoms with Gasteiger partial charge in [0.2, 0.25) is 5.95 Å². The molecule has 0 bridgehead atoms. The number of aromatic amines is 1. The summed E-state index contributed by atoms with van der Waals surface area (Å²) in [5.41, 5.74) is 1.31. The van der Waals surface area contributed by atoms with Gasteiger partial charge < -0.3 is 5.32 Å². The van der Waals surface area contributed by atoms with Crippen LogP contribution in [0.4, 0.5) is 5.95 Å². The number of sulfone groups is 1. The van der Waals surface area contributed by atoms with Crippen molar-refractivity contribution in [2.45, 2.75) is 18.4 Å². The van der Waals surface area contributed by atoms with Crippen LogP contribution in [0.2, 0.25) is 0 Å². The van der Waals surface area contributed by atoms with Crippen molar-refractivity contribution in [3.05, 3.63) is 64.4 Å². The number of aromatic nitrogens is 2. The minimum atomic E-state index is -3.19. The molecule has 2 N–H and O–H groups in total. The third-order valence-corrected chi connectivity index (χ3v) is 5.49. The highest BCUT2D eigenvalue weighted by molar-refractivity contribution is 7.91. The lowest BCUT2D eigenvalue weighted by Gasteiger charge is -2.07. The number of benzene rings is 2. The monoisotopic (exact) mass is 343 g/mol. The predicted molar refractivity (Wildman–Crippen MR) is 93.9 cm³/mol. The van der Waals surface area contributed by atoms with E-state index in [9.17, 15) is 13.2 Å². The Hall–Kier alpha value is -2.67. The Labute approximate surface area is 139 Å². The highest BCUT2D eigenvalue weighted by Crippen LogP contribution is 2.13. The lowest BCUT2D eigenvalue weighted by molar-refractivity contribution is 0.597. The quantitative estimate of drug-likeness (QED) is 0.742. The van der Waals surface area contributed by atoms with Crippen LogP contribution in [0, 0.1) is 0 Å². The first-order valence-corrected chi connectivity index (χ1v) is 9.19. The maximum atomic E-state index is 12.0. The van der Waals surface area contributed by atoms with E-state index in [0.717, 1.165) is 5.56 Å². The van der Waals surface area contributed by atoms with Crippen molar-refractivity contribution in [2.24, 2.45) is 0 Å². The summed E-state index contributed by atoms with van der Waals surface area (Å²) >= 11 is 0. The molecule has 0 atom stereocenters. The van der Waals surface area contributed by atoms with Crippen LogP contribution in [-0.4, -0.2) is 24.1 Å². The molecule has 0 aliphatic rings. The van der Waals surface area contributed by atoms with Gasteiger partial charge in [0.25, 0.3) is 5.56 Å². The zero-order chi connectivity index (χ0) is 17.2. The van der Waals surface area contributed by atoms with Gasteiger partial charge in [-0.1, -0.05) is 31.2 Å². The van der Waals surface area contributed by atoms with Crippen molar-refractivity contribution in [1.29, 1.82) is 0 Å². The first-order chi connectivity index (χ1) is 11.5. The number of anilines is 1. The number of hydrogen-bond acceptors (Lipinski definition) is 5. The topological polar surface area (TPSA) is 91.9 Å². The van der Waals surface area contributed by atoms with Crippen LogP contribution in [-0.2, 0) is 16.4 Å². The Morgan fingerprint density at radius 2 is 1.79 bits per heavy atom. The van der Waals surface area contributed by atoms with E-state index in [2.05, 4.69) is 15.3 Å². The van der Waals surface area contributed by atoms with E-state index >= 15 is 0 Å². The number of fused-ring (bicyclic) bond motifs is 1. The SMILES string of the molecule is CCS(=O)(=O)c1ccc(CNc2nc3ccccc3c(=O)[nH]2)cc1. The fourth-order valence-electron chi connectivity index (χ4n) is 2.34. The van der Waals surface area contributed by atoms with Gasteiger partial charge in [-0.05, 0) is 29.8 Å². The number of H-pyrrole nitrogens is 1. The van der Waals surface area contributed by atoms with Crippen molar-refractivity contribution in [3.8, 4) is 0 Å². The molecular weight excluding hydrogens is 326 g/mol. The molecule has 6 nitrogen and oxygen atoms in total.